The third-order valence-corrected chi connectivity index (χ3v) is 3.31. The highest BCUT2D eigenvalue weighted by Crippen LogP contribution is 2.28. The molecule has 1 atom stereocenters. The van der Waals surface area contributed by atoms with Crippen LogP contribution in [-0.4, -0.2) is 16.1 Å². The summed E-state index contributed by atoms with van der Waals surface area (Å²) < 4.78 is 0.881. The molecule has 15 heavy (non-hydrogen) atoms. The molecule has 0 aliphatic heterocycles. The van der Waals surface area contributed by atoms with Gasteiger partial charge in [-0.25, -0.2) is 4.98 Å². The highest BCUT2D eigenvalue weighted by molar-refractivity contribution is 7.19. The van der Waals surface area contributed by atoms with Gasteiger partial charge < -0.3 is 10.8 Å². The minimum Gasteiger partial charge on any atom is -0.480 e. The number of nitrogens with zero attached hydrogens (tertiary/aromatic N) is 1. The number of carboxylic acid groups (broad SMARTS) is 1. The van der Waals surface area contributed by atoms with Crippen molar-refractivity contribution in [2.75, 3.05) is 0 Å². The van der Waals surface area contributed by atoms with Crippen molar-refractivity contribution >= 4 is 39.1 Å². The molecule has 3 N–H and O–H groups in total. The van der Waals surface area contributed by atoms with Crippen LogP contribution in [0.3, 0.4) is 0 Å². The molecule has 0 saturated carbocycles. The third-order valence-electron chi connectivity index (χ3n) is 1.93. The van der Waals surface area contributed by atoms with E-state index in [9.17, 15) is 4.79 Å². The molecule has 0 radical (unpaired) electrons. The number of nitrogens with two attached hydrogens (primary N) is 1. The summed E-state index contributed by atoms with van der Waals surface area (Å²) in [5, 5.41) is 9.14. The van der Waals surface area contributed by atoms with Crippen molar-refractivity contribution in [2.45, 2.75) is 6.04 Å². The fourth-order valence-corrected chi connectivity index (χ4v) is 2.34. The van der Waals surface area contributed by atoms with Crippen molar-refractivity contribution in [3.63, 3.8) is 0 Å². The quantitative estimate of drug-likeness (QED) is 0.790. The van der Waals surface area contributed by atoms with Crippen LogP contribution in [0.4, 0.5) is 0 Å². The number of aromatic nitrogens is 1. The van der Waals surface area contributed by atoms with E-state index in [0.717, 1.165) is 4.70 Å². The van der Waals surface area contributed by atoms with Gasteiger partial charge in [-0.3, -0.25) is 4.79 Å². The number of hydrogen-bond acceptors (Lipinski definition) is 4. The zero-order valence-electron chi connectivity index (χ0n) is 7.48. The zero-order valence-corrected chi connectivity index (χ0v) is 9.05. The van der Waals surface area contributed by atoms with Crippen LogP contribution in [0.1, 0.15) is 10.9 Å². The smallest absolute Gasteiger partial charge is 0.325 e. The van der Waals surface area contributed by atoms with Gasteiger partial charge in [-0.15, -0.1) is 11.3 Å². The number of fused-ring (bicyclic) bond motifs is 1. The molecule has 0 fully saturated rings. The van der Waals surface area contributed by atoms with E-state index in [4.69, 9.17) is 22.4 Å². The van der Waals surface area contributed by atoms with Crippen molar-refractivity contribution < 1.29 is 9.90 Å². The second-order valence-electron chi connectivity index (χ2n) is 2.98. The molecule has 0 bridgehead atoms. The van der Waals surface area contributed by atoms with E-state index in [0.29, 0.717) is 15.5 Å². The maximum atomic E-state index is 10.7. The summed E-state index contributed by atoms with van der Waals surface area (Å²) in [6.45, 7) is 0. The maximum absolute atomic E-state index is 10.7. The topological polar surface area (TPSA) is 76.2 Å². The van der Waals surface area contributed by atoms with Gasteiger partial charge in [-0.05, 0) is 18.2 Å². The van der Waals surface area contributed by atoms with Crippen LogP contribution in [0.25, 0.3) is 10.2 Å². The molecule has 6 heteroatoms. The molecule has 0 amide bonds. The van der Waals surface area contributed by atoms with Crippen molar-refractivity contribution in [3.05, 3.63) is 28.2 Å². The lowest BCUT2D eigenvalue weighted by Gasteiger charge is -2.00. The molecule has 0 saturated heterocycles. The van der Waals surface area contributed by atoms with Crippen LogP contribution in [0.5, 0.6) is 0 Å². The number of pyridine rings is 1. The molecule has 0 aliphatic rings. The number of halogens is 1. The second-order valence-corrected chi connectivity index (χ2v) is 4.48. The summed E-state index contributed by atoms with van der Waals surface area (Å²) in [6.07, 6.45) is 0. The Labute approximate surface area is 94.3 Å². The molecule has 2 rings (SSSR count). The Bertz CT molecular complexity index is 526. The first-order valence-electron chi connectivity index (χ1n) is 4.12. The van der Waals surface area contributed by atoms with E-state index in [-0.39, 0.29) is 0 Å². The Morgan fingerprint density at radius 3 is 3.00 bits per heavy atom. The van der Waals surface area contributed by atoms with E-state index in [1.54, 1.807) is 18.2 Å². The second kappa shape index (κ2) is 3.77. The Kier molecular flexibility index (Phi) is 2.60. The van der Waals surface area contributed by atoms with E-state index in [1.165, 1.54) is 11.3 Å². The van der Waals surface area contributed by atoms with Crippen LogP contribution >= 0.6 is 22.9 Å². The largest absolute Gasteiger partial charge is 0.480 e. The minimum atomic E-state index is -1.05. The van der Waals surface area contributed by atoms with Crippen molar-refractivity contribution in [3.8, 4) is 0 Å². The summed E-state index contributed by atoms with van der Waals surface area (Å²) in [5.41, 5.74) is 6.17. The highest BCUT2D eigenvalue weighted by Gasteiger charge is 2.17. The lowest BCUT2D eigenvalue weighted by molar-refractivity contribution is -0.138. The summed E-state index contributed by atoms with van der Waals surface area (Å²) in [4.78, 5) is 15.3. The Morgan fingerprint density at radius 2 is 2.33 bits per heavy atom. The highest BCUT2D eigenvalue weighted by atomic mass is 35.5. The lowest BCUT2D eigenvalue weighted by Crippen LogP contribution is -2.19. The molecule has 1 unspecified atom stereocenters. The summed E-state index contributed by atoms with van der Waals surface area (Å²) >= 11 is 7.03. The predicted molar refractivity (Wildman–Crippen MR) is 59.2 cm³/mol. The van der Waals surface area contributed by atoms with E-state index in [2.05, 4.69) is 4.98 Å². The molecule has 78 valence electrons. The molecule has 0 aromatic carbocycles. The van der Waals surface area contributed by atoms with Gasteiger partial charge in [0.2, 0.25) is 0 Å². The maximum Gasteiger partial charge on any atom is 0.325 e. The first kappa shape index (κ1) is 10.4. The fourth-order valence-electron chi connectivity index (χ4n) is 1.19. The minimum absolute atomic E-state index is 0.385. The molecular weight excluding hydrogens is 236 g/mol. The summed E-state index contributed by atoms with van der Waals surface area (Å²) in [7, 11) is 0. The Hall–Kier alpha value is -1.17. The standard InChI is InChI=1S/C9H7ClN2O2S/c10-7-2-1-5-4(12-7)3-6(15-5)8(11)9(13)14/h1-3,8H,11H2,(H,13,14). The van der Waals surface area contributed by atoms with Crippen molar-refractivity contribution in [2.24, 2.45) is 5.73 Å². The fraction of sp³-hybridized carbons (Fsp3) is 0.111. The summed E-state index contributed by atoms with van der Waals surface area (Å²) in [5.74, 6) is -1.05. The number of carboxylic acids is 1. The average Bonchev–Trinajstić information content (AvgIpc) is 2.58. The number of aliphatic carboxylic acids is 1. The first-order chi connectivity index (χ1) is 7.08. The Morgan fingerprint density at radius 1 is 1.60 bits per heavy atom. The monoisotopic (exact) mass is 242 g/mol. The molecule has 4 nitrogen and oxygen atoms in total. The van der Waals surface area contributed by atoms with E-state index >= 15 is 0 Å². The zero-order chi connectivity index (χ0) is 11.0. The lowest BCUT2D eigenvalue weighted by atomic mass is 10.2. The van der Waals surface area contributed by atoms with Gasteiger partial charge in [0.25, 0.3) is 0 Å². The van der Waals surface area contributed by atoms with Gasteiger partial charge in [-0.2, -0.15) is 0 Å². The van der Waals surface area contributed by atoms with Gasteiger partial charge in [0.1, 0.15) is 11.2 Å². The van der Waals surface area contributed by atoms with Gasteiger partial charge in [0, 0.05) is 4.88 Å². The molecular formula is C9H7ClN2O2S. The first-order valence-corrected chi connectivity index (χ1v) is 5.32. The van der Waals surface area contributed by atoms with Crippen LogP contribution in [0, 0.1) is 0 Å². The van der Waals surface area contributed by atoms with Crippen LogP contribution in [0.2, 0.25) is 5.15 Å². The van der Waals surface area contributed by atoms with E-state index < -0.39 is 12.0 Å². The predicted octanol–water partition coefficient (Wildman–Crippen LogP) is 2.03. The number of thiophene rings is 1. The normalized spacial score (nSPS) is 12.9. The van der Waals surface area contributed by atoms with Crippen molar-refractivity contribution in [1.29, 1.82) is 0 Å². The molecule has 2 aromatic heterocycles. The number of carbonyl (C=O) groups is 1. The van der Waals surface area contributed by atoms with Gasteiger partial charge in [0.15, 0.2) is 0 Å². The number of rotatable bonds is 2. The van der Waals surface area contributed by atoms with Crippen molar-refractivity contribution in [1.82, 2.24) is 4.98 Å². The van der Waals surface area contributed by atoms with Gasteiger partial charge in [0.05, 0.1) is 10.2 Å². The summed E-state index contributed by atoms with van der Waals surface area (Å²) in [6, 6.07) is 4.12. The molecule has 0 aliphatic carbocycles. The Balaban J connectivity index is 2.51. The average molecular weight is 243 g/mol. The van der Waals surface area contributed by atoms with Gasteiger partial charge in [-0.1, -0.05) is 11.6 Å². The molecule has 2 heterocycles. The van der Waals surface area contributed by atoms with Crippen LogP contribution in [-0.2, 0) is 4.79 Å². The van der Waals surface area contributed by atoms with Gasteiger partial charge >= 0.3 is 5.97 Å². The van der Waals surface area contributed by atoms with E-state index in [1.807, 2.05) is 0 Å². The SMILES string of the molecule is NC(C(=O)O)c1cc2nc(Cl)ccc2s1. The van der Waals surface area contributed by atoms with Crippen LogP contribution < -0.4 is 5.73 Å². The third kappa shape index (κ3) is 1.94. The molecule has 2 aromatic rings. The molecule has 0 spiro atoms. The van der Waals surface area contributed by atoms with Crippen LogP contribution in [0.15, 0.2) is 18.2 Å². The number of hydrogen-bond donors (Lipinski definition) is 2.